The minimum Gasteiger partial charge on any atom is -0.430 e. The molecule has 0 saturated carbocycles. The fourth-order valence-electron chi connectivity index (χ4n) is 3.86. The van der Waals surface area contributed by atoms with Crippen LogP contribution in [0, 0.1) is 0 Å². The van der Waals surface area contributed by atoms with Crippen molar-refractivity contribution >= 4 is 5.97 Å². The summed E-state index contributed by atoms with van der Waals surface area (Å²) in [4.78, 5) is 12.0. The second-order valence-electron chi connectivity index (χ2n) is 8.21. The van der Waals surface area contributed by atoms with Gasteiger partial charge in [-0.2, -0.15) is 0 Å². The van der Waals surface area contributed by atoms with Crippen LogP contribution < -0.4 is 0 Å². The Bertz CT molecular complexity index is 1040. The van der Waals surface area contributed by atoms with Gasteiger partial charge in [0, 0.05) is 6.08 Å². The molecule has 0 aliphatic carbocycles. The number of benzene rings is 3. The summed E-state index contributed by atoms with van der Waals surface area (Å²) in [6.07, 6.45) is -1.50. The predicted molar refractivity (Wildman–Crippen MR) is 131 cm³/mol. The van der Waals surface area contributed by atoms with Crippen molar-refractivity contribution in [1.82, 2.24) is 0 Å². The minimum absolute atomic E-state index is 0.252. The first kappa shape index (κ1) is 24.8. The van der Waals surface area contributed by atoms with Gasteiger partial charge in [0.15, 0.2) is 0 Å². The first-order valence-corrected chi connectivity index (χ1v) is 11.6. The maximum absolute atomic E-state index is 12.0. The van der Waals surface area contributed by atoms with Crippen molar-refractivity contribution in [2.75, 3.05) is 6.61 Å². The van der Waals surface area contributed by atoms with E-state index in [1.165, 1.54) is 0 Å². The molecule has 0 aromatic heterocycles. The first-order chi connectivity index (χ1) is 17.2. The molecule has 3 aromatic carbocycles. The Hall–Kier alpha value is -3.29. The zero-order chi connectivity index (χ0) is 24.3. The van der Waals surface area contributed by atoms with Gasteiger partial charge in [-0.15, -0.1) is 0 Å². The first-order valence-electron chi connectivity index (χ1n) is 11.6. The number of rotatable bonds is 12. The average Bonchev–Trinajstić information content (AvgIpc) is 3.23. The molecule has 0 bridgehead atoms. The third kappa shape index (κ3) is 7.34. The maximum Gasteiger partial charge on any atom is 0.332 e. The number of hydrogen-bond donors (Lipinski definition) is 0. The second kappa shape index (κ2) is 13.0. The van der Waals surface area contributed by atoms with E-state index < -0.39 is 30.6 Å². The lowest BCUT2D eigenvalue weighted by Crippen LogP contribution is -2.40. The molecule has 0 spiro atoms. The molecule has 6 nitrogen and oxygen atoms in total. The van der Waals surface area contributed by atoms with Crippen LogP contribution in [-0.4, -0.2) is 37.2 Å². The summed E-state index contributed by atoms with van der Waals surface area (Å²) in [5.74, 6) is -0.587. The van der Waals surface area contributed by atoms with E-state index in [4.69, 9.17) is 23.7 Å². The molecule has 1 aliphatic rings. The Morgan fingerprint density at radius 2 is 1.23 bits per heavy atom. The molecule has 0 unspecified atom stereocenters. The molecule has 3 aromatic rings. The summed E-state index contributed by atoms with van der Waals surface area (Å²) >= 11 is 0. The van der Waals surface area contributed by atoms with E-state index in [0.717, 1.165) is 22.8 Å². The smallest absolute Gasteiger partial charge is 0.332 e. The Morgan fingerprint density at radius 3 is 1.74 bits per heavy atom. The molecule has 0 N–H and O–H groups in total. The van der Waals surface area contributed by atoms with E-state index in [1.807, 2.05) is 91.0 Å². The molecule has 1 heterocycles. The normalized spacial score (nSPS) is 21.5. The summed E-state index contributed by atoms with van der Waals surface area (Å²) < 4.78 is 30.1. The number of carbonyl (C=O) groups is 1. The predicted octanol–water partition coefficient (Wildman–Crippen LogP) is 4.83. The van der Waals surface area contributed by atoms with Crippen LogP contribution in [0.4, 0.5) is 0 Å². The Kier molecular flexibility index (Phi) is 9.20. The van der Waals surface area contributed by atoms with Gasteiger partial charge < -0.3 is 23.7 Å². The van der Waals surface area contributed by atoms with Crippen LogP contribution in [0.1, 0.15) is 16.7 Å². The maximum atomic E-state index is 12.0. The van der Waals surface area contributed by atoms with Crippen molar-refractivity contribution in [1.29, 1.82) is 0 Å². The van der Waals surface area contributed by atoms with Crippen molar-refractivity contribution in [3.8, 4) is 0 Å². The molecule has 6 heteroatoms. The molecule has 4 atom stereocenters. The summed E-state index contributed by atoms with van der Waals surface area (Å²) in [6, 6.07) is 29.5. The van der Waals surface area contributed by atoms with Gasteiger partial charge in [0.05, 0.1) is 26.4 Å². The van der Waals surface area contributed by atoms with E-state index in [-0.39, 0.29) is 6.61 Å². The fourth-order valence-corrected chi connectivity index (χ4v) is 3.86. The standard InChI is InChI=1S/C29H30O6/c1-2-26(30)35-29-28(33-20-24-16-10-5-11-17-24)27(32-19-23-14-8-4-9-15-23)25(34-29)21-31-18-22-12-6-3-7-13-22/h2-17,25,27-29H,1,18-21H2/t25-,27-,28-,29+/m1/s1. The van der Waals surface area contributed by atoms with Gasteiger partial charge >= 0.3 is 5.97 Å². The lowest BCUT2D eigenvalue weighted by molar-refractivity contribution is -0.192. The van der Waals surface area contributed by atoms with Crippen LogP contribution in [0.5, 0.6) is 0 Å². The zero-order valence-corrected chi connectivity index (χ0v) is 19.5. The van der Waals surface area contributed by atoms with Crippen molar-refractivity contribution in [2.45, 2.75) is 44.4 Å². The van der Waals surface area contributed by atoms with E-state index >= 15 is 0 Å². The van der Waals surface area contributed by atoms with Crippen LogP contribution >= 0.6 is 0 Å². The highest BCUT2D eigenvalue weighted by Crippen LogP contribution is 2.30. The molecular weight excluding hydrogens is 444 g/mol. The van der Waals surface area contributed by atoms with Crippen LogP contribution in [0.15, 0.2) is 104 Å². The van der Waals surface area contributed by atoms with Crippen LogP contribution in [0.2, 0.25) is 0 Å². The summed E-state index contributed by atoms with van der Waals surface area (Å²) in [7, 11) is 0. The van der Waals surface area contributed by atoms with Gasteiger partial charge in [0.1, 0.15) is 18.3 Å². The topological polar surface area (TPSA) is 63.2 Å². The van der Waals surface area contributed by atoms with E-state index in [1.54, 1.807) is 0 Å². The number of esters is 1. The van der Waals surface area contributed by atoms with Crippen molar-refractivity contribution in [3.63, 3.8) is 0 Å². The number of carbonyl (C=O) groups excluding carboxylic acids is 1. The van der Waals surface area contributed by atoms with Gasteiger partial charge in [-0.25, -0.2) is 4.79 Å². The largest absolute Gasteiger partial charge is 0.430 e. The Balaban J connectivity index is 1.49. The molecule has 1 saturated heterocycles. The number of hydrogen-bond acceptors (Lipinski definition) is 6. The average molecular weight is 475 g/mol. The molecular formula is C29H30O6. The highest BCUT2D eigenvalue weighted by molar-refractivity contribution is 5.81. The monoisotopic (exact) mass is 474 g/mol. The zero-order valence-electron chi connectivity index (χ0n) is 19.5. The SMILES string of the molecule is C=CC(=O)O[C@@H]1O[C@H](COCc2ccccc2)[C@@H](OCc2ccccc2)[C@H]1OCc1ccccc1. The van der Waals surface area contributed by atoms with Gasteiger partial charge in [-0.3, -0.25) is 0 Å². The number of ether oxygens (including phenoxy) is 5. The van der Waals surface area contributed by atoms with Crippen molar-refractivity contribution in [2.24, 2.45) is 0 Å². The highest BCUT2D eigenvalue weighted by Gasteiger charge is 2.48. The molecule has 35 heavy (non-hydrogen) atoms. The molecule has 4 rings (SSSR count). The van der Waals surface area contributed by atoms with Gasteiger partial charge in [-0.1, -0.05) is 97.6 Å². The third-order valence-electron chi connectivity index (χ3n) is 5.63. The van der Waals surface area contributed by atoms with Gasteiger partial charge in [-0.05, 0) is 16.7 Å². The van der Waals surface area contributed by atoms with E-state index in [2.05, 4.69) is 6.58 Å². The van der Waals surface area contributed by atoms with Crippen molar-refractivity contribution in [3.05, 3.63) is 120 Å². The summed E-state index contributed by atoms with van der Waals surface area (Å²) in [6.45, 7) is 4.85. The fraction of sp³-hybridized carbons (Fsp3) is 0.276. The Morgan fingerprint density at radius 1 is 0.743 bits per heavy atom. The third-order valence-corrected chi connectivity index (χ3v) is 5.63. The molecule has 1 fully saturated rings. The molecule has 0 radical (unpaired) electrons. The Labute approximate surface area is 206 Å². The molecule has 0 amide bonds. The van der Waals surface area contributed by atoms with Crippen LogP contribution in [0.3, 0.4) is 0 Å². The van der Waals surface area contributed by atoms with Crippen LogP contribution in [0.25, 0.3) is 0 Å². The lowest BCUT2D eigenvalue weighted by atomic mass is 10.1. The van der Waals surface area contributed by atoms with Crippen LogP contribution in [-0.2, 0) is 48.3 Å². The minimum atomic E-state index is -0.949. The van der Waals surface area contributed by atoms with Gasteiger partial charge in [0.25, 0.3) is 0 Å². The van der Waals surface area contributed by atoms with E-state index in [9.17, 15) is 4.79 Å². The second-order valence-corrected chi connectivity index (χ2v) is 8.21. The highest BCUT2D eigenvalue weighted by atomic mass is 16.7. The van der Waals surface area contributed by atoms with Crippen molar-refractivity contribution < 1.29 is 28.5 Å². The summed E-state index contributed by atoms with van der Waals surface area (Å²) in [5, 5.41) is 0. The summed E-state index contributed by atoms with van der Waals surface area (Å²) in [5.41, 5.74) is 3.07. The quantitative estimate of drug-likeness (QED) is 0.277. The van der Waals surface area contributed by atoms with E-state index in [0.29, 0.717) is 19.8 Å². The van der Waals surface area contributed by atoms with Gasteiger partial charge in [0.2, 0.25) is 6.29 Å². The molecule has 182 valence electrons. The lowest BCUT2D eigenvalue weighted by Gasteiger charge is -2.24. The molecule has 1 aliphatic heterocycles.